The van der Waals surface area contributed by atoms with Crippen LogP contribution in [0.1, 0.15) is 65.5 Å². The molecule has 2 saturated heterocycles. The Bertz CT molecular complexity index is 1680. The lowest BCUT2D eigenvalue weighted by Gasteiger charge is -2.35. The van der Waals surface area contributed by atoms with Gasteiger partial charge in [-0.15, -0.1) is 0 Å². The molecule has 3 aliphatic rings. The van der Waals surface area contributed by atoms with Gasteiger partial charge in [-0.25, -0.2) is 9.78 Å². The molecule has 1 aromatic heterocycles. The predicted molar refractivity (Wildman–Crippen MR) is 171 cm³/mol. The van der Waals surface area contributed by atoms with Gasteiger partial charge in [0.1, 0.15) is 23.7 Å². The van der Waals surface area contributed by atoms with Crippen molar-refractivity contribution in [1.82, 2.24) is 14.5 Å². The van der Waals surface area contributed by atoms with Gasteiger partial charge in [-0.1, -0.05) is 35.9 Å². The number of fused-ring (bicyclic) bond motifs is 2. The number of imidazole rings is 1. The molecule has 10 heteroatoms. The second kappa shape index (κ2) is 12.9. The number of ether oxygens (including phenoxy) is 5. The molecule has 4 heterocycles. The Morgan fingerprint density at radius 2 is 1.89 bits per heavy atom. The topological polar surface area (TPSA) is 84.3 Å². The van der Waals surface area contributed by atoms with Crippen LogP contribution in [0.2, 0.25) is 5.02 Å². The number of carbonyl (C=O) groups excluding carboxylic acids is 1. The van der Waals surface area contributed by atoms with Gasteiger partial charge in [-0.05, 0) is 81.1 Å². The molecule has 9 nitrogen and oxygen atoms in total. The Labute approximate surface area is 267 Å². The van der Waals surface area contributed by atoms with Gasteiger partial charge in [-0.3, -0.25) is 4.90 Å². The third-order valence-corrected chi connectivity index (χ3v) is 9.35. The van der Waals surface area contributed by atoms with E-state index in [4.69, 9.17) is 40.3 Å². The van der Waals surface area contributed by atoms with Crippen molar-refractivity contribution in [1.29, 1.82) is 0 Å². The van der Waals surface area contributed by atoms with Crippen molar-refractivity contribution in [2.24, 2.45) is 0 Å². The van der Waals surface area contributed by atoms with Gasteiger partial charge in [0.25, 0.3) is 0 Å². The van der Waals surface area contributed by atoms with Crippen LogP contribution in [-0.4, -0.2) is 66.5 Å². The summed E-state index contributed by atoms with van der Waals surface area (Å²) >= 11 is 6.08. The Morgan fingerprint density at radius 3 is 2.60 bits per heavy atom. The minimum absolute atomic E-state index is 0.134. The van der Waals surface area contributed by atoms with E-state index < -0.39 is 0 Å². The summed E-state index contributed by atoms with van der Waals surface area (Å²) in [6.45, 7) is 6.59. The third-order valence-electron chi connectivity index (χ3n) is 9.10. The van der Waals surface area contributed by atoms with Crippen molar-refractivity contribution < 1.29 is 28.5 Å². The fraction of sp³-hybridized carbons (Fsp3) is 0.429. The largest absolute Gasteiger partial charge is 0.494 e. The summed E-state index contributed by atoms with van der Waals surface area (Å²) < 4.78 is 31.7. The van der Waals surface area contributed by atoms with Gasteiger partial charge in [-0.2, -0.15) is 0 Å². The lowest BCUT2D eigenvalue weighted by Crippen LogP contribution is -2.35. The smallest absolute Gasteiger partial charge is 0.338 e. The molecule has 7 rings (SSSR count). The number of hydrogen-bond donors (Lipinski definition) is 0. The zero-order valence-electron chi connectivity index (χ0n) is 25.7. The van der Waals surface area contributed by atoms with Crippen molar-refractivity contribution in [3.05, 3.63) is 82.1 Å². The highest BCUT2D eigenvalue weighted by atomic mass is 35.5. The highest BCUT2D eigenvalue weighted by molar-refractivity contribution is 6.30. The number of aromatic nitrogens is 2. The molecule has 0 N–H and O–H groups in total. The molecular weight excluding hydrogens is 594 g/mol. The number of esters is 1. The molecule has 3 aromatic carbocycles. The molecule has 0 radical (unpaired) electrons. The summed E-state index contributed by atoms with van der Waals surface area (Å²) in [6.07, 6.45) is 2.98. The van der Waals surface area contributed by atoms with E-state index in [1.807, 2.05) is 36.4 Å². The van der Waals surface area contributed by atoms with Gasteiger partial charge in [0, 0.05) is 17.2 Å². The standard InChI is InChI=1S/C35H38ClN3O6/c1-3-42-35(40)24-17-28-33(30(18-24)41-2)37-32(39(28)19-26-13-16-43-26)20-38-14-11-22(12-15-38)27-5-4-6-29-34(27)44-21-31(45-29)23-7-9-25(36)10-8-23/h4-10,17-18,22,26,31H,3,11-16,19-21H2,1-2H3/t26-,31-/m0/s1. The van der Waals surface area contributed by atoms with E-state index in [-0.39, 0.29) is 18.2 Å². The maximum absolute atomic E-state index is 12.6. The van der Waals surface area contributed by atoms with Crippen molar-refractivity contribution in [2.75, 3.05) is 40.0 Å². The molecule has 0 bridgehead atoms. The number of benzene rings is 3. The molecule has 0 unspecified atom stereocenters. The first-order valence-corrected chi connectivity index (χ1v) is 16.1. The van der Waals surface area contributed by atoms with Gasteiger partial charge in [0.15, 0.2) is 17.6 Å². The summed E-state index contributed by atoms with van der Waals surface area (Å²) in [7, 11) is 1.61. The number of carbonyl (C=O) groups is 1. The zero-order valence-corrected chi connectivity index (χ0v) is 26.4. The van der Waals surface area contributed by atoms with Crippen LogP contribution in [0.5, 0.6) is 17.2 Å². The number of para-hydroxylation sites is 1. The van der Waals surface area contributed by atoms with E-state index in [2.05, 4.69) is 21.6 Å². The minimum Gasteiger partial charge on any atom is -0.494 e. The maximum atomic E-state index is 12.6. The second-order valence-electron chi connectivity index (χ2n) is 11.9. The van der Waals surface area contributed by atoms with Gasteiger partial charge in [0.2, 0.25) is 0 Å². The van der Waals surface area contributed by atoms with E-state index in [1.165, 1.54) is 5.56 Å². The monoisotopic (exact) mass is 631 g/mol. The molecule has 0 saturated carbocycles. The van der Waals surface area contributed by atoms with Crippen LogP contribution in [-0.2, 0) is 22.6 Å². The van der Waals surface area contributed by atoms with Crippen LogP contribution in [0.4, 0.5) is 0 Å². The lowest BCUT2D eigenvalue weighted by molar-refractivity contribution is -0.0592. The summed E-state index contributed by atoms with van der Waals surface area (Å²) in [5.74, 6) is 3.18. The van der Waals surface area contributed by atoms with Crippen LogP contribution < -0.4 is 14.2 Å². The Morgan fingerprint density at radius 1 is 1.09 bits per heavy atom. The first kappa shape index (κ1) is 29.9. The lowest BCUT2D eigenvalue weighted by atomic mass is 9.88. The van der Waals surface area contributed by atoms with Crippen molar-refractivity contribution in [3.8, 4) is 17.2 Å². The van der Waals surface area contributed by atoms with Gasteiger partial charge in [0.05, 0.1) is 44.0 Å². The number of piperidine rings is 1. The first-order chi connectivity index (χ1) is 22.0. The molecular formula is C35H38ClN3O6. The third kappa shape index (κ3) is 6.09. The second-order valence-corrected chi connectivity index (χ2v) is 12.3. The Balaban J connectivity index is 1.08. The number of rotatable bonds is 9. The highest BCUT2D eigenvalue weighted by Crippen LogP contribution is 2.44. The average Bonchev–Trinajstić information content (AvgIpc) is 3.39. The molecule has 0 amide bonds. The molecule has 236 valence electrons. The number of likely N-dealkylation sites (tertiary alicyclic amines) is 1. The quantitative estimate of drug-likeness (QED) is 0.192. The van der Waals surface area contributed by atoms with Crippen LogP contribution in [0, 0.1) is 0 Å². The van der Waals surface area contributed by atoms with E-state index in [9.17, 15) is 4.79 Å². The van der Waals surface area contributed by atoms with Crippen LogP contribution in [0.15, 0.2) is 54.6 Å². The molecule has 4 aromatic rings. The summed E-state index contributed by atoms with van der Waals surface area (Å²) in [5.41, 5.74) is 4.34. The van der Waals surface area contributed by atoms with Crippen molar-refractivity contribution in [2.45, 2.75) is 57.4 Å². The summed E-state index contributed by atoms with van der Waals surface area (Å²) in [4.78, 5) is 20.2. The maximum Gasteiger partial charge on any atom is 0.338 e. The predicted octanol–water partition coefficient (Wildman–Crippen LogP) is 6.56. The van der Waals surface area contributed by atoms with Crippen molar-refractivity contribution >= 4 is 28.6 Å². The average molecular weight is 632 g/mol. The number of halogens is 1. The molecule has 3 aliphatic heterocycles. The molecule has 0 spiro atoms. The highest BCUT2D eigenvalue weighted by Gasteiger charge is 2.31. The van der Waals surface area contributed by atoms with E-state index in [1.54, 1.807) is 20.1 Å². The fourth-order valence-corrected chi connectivity index (χ4v) is 6.70. The van der Waals surface area contributed by atoms with Crippen LogP contribution in [0.25, 0.3) is 11.0 Å². The minimum atomic E-state index is -0.369. The van der Waals surface area contributed by atoms with Crippen LogP contribution in [0.3, 0.4) is 0 Å². The number of methoxy groups -OCH3 is 1. The molecule has 2 fully saturated rings. The van der Waals surface area contributed by atoms with Gasteiger partial charge < -0.3 is 28.3 Å². The Kier molecular flexibility index (Phi) is 8.57. The van der Waals surface area contributed by atoms with Gasteiger partial charge >= 0.3 is 5.97 Å². The summed E-state index contributed by atoms with van der Waals surface area (Å²) in [6, 6.07) is 17.6. The first-order valence-electron chi connectivity index (χ1n) is 15.8. The van der Waals surface area contributed by atoms with Crippen molar-refractivity contribution in [3.63, 3.8) is 0 Å². The zero-order chi connectivity index (χ0) is 30.9. The molecule has 0 aliphatic carbocycles. The summed E-state index contributed by atoms with van der Waals surface area (Å²) in [5, 5.41) is 0.706. The van der Waals surface area contributed by atoms with Crippen LogP contribution >= 0.6 is 11.6 Å². The molecule has 2 atom stereocenters. The number of nitrogens with zero attached hydrogens (tertiary/aromatic N) is 3. The number of hydrogen-bond acceptors (Lipinski definition) is 8. The normalized spacial score (nSPS) is 20.2. The SMILES string of the molecule is CCOC(=O)c1cc(OC)c2nc(CN3CCC(c4cccc5c4OC[C@@H](c4ccc(Cl)cc4)O5)CC3)n(C[C@@H]3CCO3)c2c1. The fourth-order valence-electron chi connectivity index (χ4n) is 6.58. The Hall–Kier alpha value is -3.79. The molecule has 45 heavy (non-hydrogen) atoms. The van der Waals surface area contributed by atoms with E-state index in [0.29, 0.717) is 48.6 Å². The van der Waals surface area contributed by atoms with E-state index >= 15 is 0 Å². The van der Waals surface area contributed by atoms with E-state index in [0.717, 1.165) is 72.9 Å².